The van der Waals surface area contributed by atoms with Crippen molar-refractivity contribution in [3.63, 3.8) is 0 Å². The largest absolute Gasteiger partial charge is 0.384 e. The minimum Gasteiger partial charge on any atom is -0.384 e. The first-order chi connectivity index (χ1) is 9.24. The molecule has 4 heteroatoms. The van der Waals surface area contributed by atoms with Gasteiger partial charge in [0.1, 0.15) is 0 Å². The number of amides is 1. The Labute approximate surface area is 125 Å². The van der Waals surface area contributed by atoms with E-state index in [-0.39, 0.29) is 5.91 Å². The first kappa shape index (κ1) is 12.5. The molecule has 1 aliphatic heterocycles. The van der Waals surface area contributed by atoms with Gasteiger partial charge in [0, 0.05) is 21.4 Å². The predicted molar refractivity (Wildman–Crippen MR) is 85.7 cm³/mol. The Balaban J connectivity index is 1.83. The molecule has 3 rings (SSSR count). The Morgan fingerprint density at radius 2 is 2.05 bits per heavy atom. The van der Waals surface area contributed by atoms with Crippen LogP contribution in [0.15, 0.2) is 42.5 Å². The molecule has 0 saturated heterocycles. The molecule has 96 valence electrons. The van der Waals surface area contributed by atoms with Gasteiger partial charge < -0.3 is 10.6 Å². The van der Waals surface area contributed by atoms with Crippen molar-refractivity contribution in [1.82, 2.24) is 0 Å². The van der Waals surface area contributed by atoms with Gasteiger partial charge in [0.15, 0.2) is 0 Å². The molecule has 1 heterocycles. The molecule has 0 aromatic heterocycles. The predicted octanol–water partition coefficient (Wildman–Crippen LogP) is 3.51. The van der Waals surface area contributed by atoms with E-state index in [1.54, 1.807) is 0 Å². The van der Waals surface area contributed by atoms with Gasteiger partial charge in [-0.25, -0.2) is 0 Å². The van der Waals surface area contributed by atoms with Gasteiger partial charge in [0.2, 0.25) is 0 Å². The summed E-state index contributed by atoms with van der Waals surface area (Å²) >= 11 is 2.22. The monoisotopic (exact) mass is 364 g/mol. The summed E-state index contributed by atoms with van der Waals surface area (Å²) in [5.41, 5.74) is 3.90. The van der Waals surface area contributed by atoms with E-state index in [4.69, 9.17) is 0 Å². The molecule has 0 atom stereocenters. The van der Waals surface area contributed by atoms with Crippen LogP contribution in [0.4, 0.5) is 11.4 Å². The zero-order valence-corrected chi connectivity index (χ0v) is 12.4. The van der Waals surface area contributed by atoms with E-state index in [2.05, 4.69) is 33.2 Å². The Morgan fingerprint density at radius 3 is 2.89 bits per heavy atom. The normalized spacial score (nSPS) is 12.7. The molecule has 2 aromatic rings. The molecule has 3 nitrogen and oxygen atoms in total. The third-order valence-electron chi connectivity index (χ3n) is 3.20. The van der Waals surface area contributed by atoms with Crippen LogP contribution in [0, 0.1) is 3.57 Å². The molecule has 19 heavy (non-hydrogen) atoms. The Kier molecular flexibility index (Phi) is 3.42. The number of fused-ring (bicyclic) bond motifs is 1. The van der Waals surface area contributed by atoms with E-state index < -0.39 is 0 Å². The topological polar surface area (TPSA) is 41.1 Å². The number of anilines is 2. The van der Waals surface area contributed by atoms with Gasteiger partial charge in [-0.3, -0.25) is 4.79 Å². The van der Waals surface area contributed by atoms with E-state index in [1.807, 2.05) is 42.5 Å². The lowest BCUT2D eigenvalue weighted by Gasteiger charge is -2.08. The first-order valence-electron chi connectivity index (χ1n) is 6.17. The summed E-state index contributed by atoms with van der Waals surface area (Å²) in [4.78, 5) is 12.2. The number of hydrogen-bond donors (Lipinski definition) is 2. The molecule has 0 radical (unpaired) electrons. The third-order valence-corrected chi connectivity index (χ3v) is 4.14. The van der Waals surface area contributed by atoms with Gasteiger partial charge >= 0.3 is 0 Å². The van der Waals surface area contributed by atoms with Crippen molar-refractivity contribution in [2.45, 2.75) is 6.42 Å². The number of para-hydroxylation sites is 1. The average Bonchev–Trinajstić information content (AvgIpc) is 2.88. The van der Waals surface area contributed by atoms with Gasteiger partial charge in [0.05, 0.1) is 5.69 Å². The van der Waals surface area contributed by atoms with Crippen molar-refractivity contribution in [1.29, 1.82) is 0 Å². The standard InChI is InChI=1S/C15H13IN2O/c16-12-3-1-2-4-13(12)18-15(19)11-6-5-10-7-8-17-14(10)9-11/h1-6,9,17H,7-8H2,(H,18,19). The zero-order chi connectivity index (χ0) is 13.2. The van der Waals surface area contributed by atoms with Crippen LogP contribution < -0.4 is 10.6 Å². The summed E-state index contributed by atoms with van der Waals surface area (Å²) in [6, 6.07) is 13.6. The molecule has 0 bridgehead atoms. The molecule has 0 aliphatic carbocycles. The van der Waals surface area contributed by atoms with E-state index in [0.29, 0.717) is 5.56 Å². The number of carbonyl (C=O) groups excluding carboxylic acids is 1. The van der Waals surface area contributed by atoms with Crippen LogP contribution in [-0.4, -0.2) is 12.5 Å². The average molecular weight is 364 g/mol. The second-order valence-corrected chi connectivity index (χ2v) is 5.64. The minimum atomic E-state index is -0.0689. The summed E-state index contributed by atoms with van der Waals surface area (Å²) < 4.78 is 1.03. The molecule has 1 aliphatic rings. The van der Waals surface area contributed by atoms with E-state index in [1.165, 1.54) is 5.56 Å². The summed E-state index contributed by atoms with van der Waals surface area (Å²) in [6.45, 7) is 0.955. The minimum absolute atomic E-state index is 0.0689. The summed E-state index contributed by atoms with van der Waals surface area (Å²) in [7, 11) is 0. The van der Waals surface area contributed by atoms with E-state index in [0.717, 1.165) is 27.9 Å². The highest BCUT2D eigenvalue weighted by Gasteiger charge is 2.14. The number of benzene rings is 2. The van der Waals surface area contributed by atoms with Crippen LogP contribution in [0.5, 0.6) is 0 Å². The SMILES string of the molecule is O=C(Nc1ccccc1I)c1ccc2c(c1)NCC2. The molecule has 2 N–H and O–H groups in total. The van der Waals surface area contributed by atoms with Crippen molar-refractivity contribution in [2.75, 3.05) is 17.2 Å². The van der Waals surface area contributed by atoms with Crippen molar-refractivity contribution in [2.24, 2.45) is 0 Å². The van der Waals surface area contributed by atoms with Crippen molar-refractivity contribution < 1.29 is 4.79 Å². The summed E-state index contributed by atoms with van der Waals surface area (Å²) in [5, 5.41) is 6.23. The zero-order valence-electron chi connectivity index (χ0n) is 10.2. The van der Waals surface area contributed by atoms with Crippen LogP contribution >= 0.6 is 22.6 Å². The maximum absolute atomic E-state index is 12.2. The molecule has 0 saturated carbocycles. The van der Waals surface area contributed by atoms with Gasteiger partial charge in [-0.15, -0.1) is 0 Å². The number of hydrogen-bond acceptors (Lipinski definition) is 2. The Hall–Kier alpha value is -1.56. The fraction of sp³-hybridized carbons (Fsp3) is 0.133. The van der Waals surface area contributed by atoms with Gasteiger partial charge in [-0.1, -0.05) is 18.2 Å². The van der Waals surface area contributed by atoms with Crippen LogP contribution in [0.2, 0.25) is 0 Å². The second-order valence-electron chi connectivity index (χ2n) is 4.48. The highest BCUT2D eigenvalue weighted by Crippen LogP contribution is 2.24. The van der Waals surface area contributed by atoms with Crippen LogP contribution in [0.25, 0.3) is 0 Å². The second kappa shape index (κ2) is 5.21. The number of carbonyl (C=O) groups is 1. The smallest absolute Gasteiger partial charge is 0.255 e. The van der Waals surface area contributed by atoms with Crippen molar-refractivity contribution in [3.8, 4) is 0 Å². The fourth-order valence-electron chi connectivity index (χ4n) is 2.19. The quantitative estimate of drug-likeness (QED) is 0.801. The van der Waals surface area contributed by atoms with E-state index in [9.17, 15) is 4.79 Å². The molecule has 1 amide bonds. The first-order valence-corrected chi connectivity index (χ1v) is 7.24. The number of halogens is 1. The molecule has 0 unspecified atom stereocenters. The summed E-state index contributed by atoms with van der Waals surface area (Å²) in [6.07, 6.45) is 1.04. The molecule has 2 aromatic carbocycles. The van der Waals surface area contributed by atoms with Crippen molar-refractivity contribution >= 4 is 39.9 Å². The van der Waals surface area contributed by atoms with Gasteiger partial charge in [0.25, 0.3) is 5.91 Å². The molecular formula is C15H13IN2O. The van der Waals surface area contributed by atoms with Crippen LogP contribution in [-0.2, 0) is 6.42 Å². The maximum Gasteiger partial charge on any atom is 0.255 e. The third kappa shape index (κ3) is 2.58. The number of rotatable bonds is 2. The maximum atomic E-state index is 12.2. The molecular weight excluding hydrogens is 351 g/mol. The lowest BCUT2D eigenvalue weighted by molar-refractivity contribution is 0.102. The molecule has 0 fully saturated rings. The van der Waals surface area contributed by atoms with Gasteiger partial charge in [-0.05, 0) is 58.8 Å². The summed E-state index contributed by atoms with van der Waals surface area (Å²) in [5.74, 6) is -0.0689. The Bertz CT molecular complexity index is 640. The van der Waals surface area contributed by atoms with Gasteiger partial charge in [-0.2, -0.15) is 0 Å². The lowest BCUT2D eigenvalue weighted by atomic mass is 10.1. The molecule has 0 spiro atoms. The van der Waals surface area contributed by atoms with Crippen LogP contribution in [0.3, 0.4) is 0 Å². The van der Waals surface area contributed by atoms with Crippen LogP contribution in [0.1, 0.15) is 15.9 Å². The fourth-order valence-corrected chi connectivity index (χ4v) is 2.71. The van der Waals surface area contributed by atoms with E-state index >= 15 is 0 Å². The highest BCUT2D eigenvalue weighted by molar-refractivity contribution is 14.1. The van der Waals surface area contributed by atoms with Crippen molar-refractivity contribution in [3.05, 3.63) is 57.2 Å². The number of nitrogens with one attached hydrogen (secondary N) is 2. The lowest BCUT2D eigenvalue weighted by Crippen LogP contribution is -2.12. The highest BCUT2D eigenvalue weighted by atomic mass is 127. The Morgan fingerprint density at radius 1 is 1.21 bits per heavy atom.